The number of halogens is 1. The van der Waals surface area contributed by atoms with E-state index in [1.807, 2.05) is 42.2 Å². The highest BCUT2D eigenvalue weighted by molar-refractivity contribution is 14.0. The zero-order valence-electron chi connectivity index (χ0n) is 15.5. The van der Waals surface area contributed by atoms with Gasteiger partial charge in [0.15, 0.2) is 5.96 Å². The number of hydrogen-bond acceptors (Lipinski definition) is 3. The molecule has 1 aromatic rings. The van der Waals surface area contributed by atoms with Crippen molar-refractivity contribution in [3.63, 3.8) is 0 Å². The molecule has 0 aliphatic carbocycles. The average Bonchev–Trinajstić information content (AvgIpc) is 3.26. The zero-order chi connectivity index (χ0) is 17.6. The highest BCUT2D eigenvalue weighted by Gasteiger charge is 2.41. The van der Waals surface area contributed by atoms with E-state index < -0.39 is 0 Å². The second-order valence-electron chi connectivity index (χ2n) is 6.68. The third kappa shape index (κ3) is 5.33. The first-order valence-electron chi connectivity index (χ1n) is 9.14. The summed E-state index contributed by atoms with van der Waals surface area (Å²) in [5.74, 6) is 0.740. The summed E-state index contributed by atoms with van der Waals surface area (Å²) < 4.78 is 5.86. The molecule has 0 aromatic heterocycles. The normalized spacial score (nSPS) is 24.1. The molecule has 3 unspecified atom stereocenters. The summed E-state index contributed by atoms with van der Waals surface area (Å²) in [5.41, 5.74) is 1.14. The molecule has 0 saturated carbocycles. The number of ether oxygens (including phenoxy) is 1. The minimum Gasteiger partial charge on any atom is -0.373 e. The SMILES string of the molecule is CCN(Cc1ccccc1)C(=O)CNC(=NC)NC1CC2CCC1O2.I. The van der Waals surface area contributed by atoms with Crippen LogP contribution in [0.3, 0.4) is 0 Å². The molecule has 2 heterocycles. The number of fused-ring (bicyclic) bond motifs is 2. The van der Waals surface area contributed by atoms with Gasteiger partial charge in [0.2, 0.25) is 5.91 Å². The van der Waals surface area contributed by atoms with Crippen molar-refractivity contribution in [3.05, 3.63) is 35.9 Å². The Morgan fingerprint density at radius 3 is 2.65 bits per heavy atom. The fourth-order valence-corrected chi connectivity index (χ4v) is 3.61. The molecule has 2 saturated heterocycles. The van der Waals surface area contributed by atoms with Crippen LogP contribution in [0.15, 0.2) is 35.3 Å². The summed E-state index contributed by atoms with van der Waals surface area (Å²) >= 11 is 0. The molecule has 6 nitrogen and oxygen atoms in total. The summed E-state index contributed by atoms with van der Waals surface area (Å²) in [6.07, 6.45) is 3.97. The summed E-state index contributed by atoms with van der Waals surface area (Å²) in [5, 5.41) is 6.55. The smallest absolute Gasteiger partial charge is 0.242 e. The van der Waals surface area contributed by atoms with E-state index in [2.05, 4.69) is 15.6 Å². The largest absolute Gasteiger partial charge is 0.373 e. The molecule has 2 N–H and O–H groups in total. The Balaban J connectivity index is 0.00000243. The Hall–Kier alpha value is -1.35. The van der Waals surface area contributed by atoms with E-state index in [0.717, 1.165) is 24.8 Å². The van der Waals surface area contributed by atoms with Gasteiger partial charge in [0.1, 0.15) is 0 Å². The number of aliphatic imine (C=N–C) groups is 1. The van der Waals surface area contributed by atoms with Crippen LogP contribution >= 0.6 is 24.0 Å². The Bertz CT molecular complexity index is 611. The van der Waals surface area contributed by atoms with E-state index in [1.54, 1.807) is 7.05 Å². The second kappa shape index (κ2) is 10.1. The summed E-state index contributed by atoms with van der Waals surface area (Å²) in [7, 11) is 1.73. The molecule has 2 bridgehead atoms. The van der Waals surface area contributed by atoms with E-state index in [4.69, 9.17) is 4.74 Å². The maximum absolute atomic E-state index is 12.5. The van der Waals surface area contributed by atoms with Gasteiger partial charge in [-0.3, -0.25) is 9.79 Å². The lowest BCUT2D eigenvalue weighted by molar-refractivity contribution is -0.130. The van der Waals surface area contributed by atoms with Gasteiger partial charge in [0.05, 0.1) is 24.8 Å². The molecule has 0 spiro atoms. The van der Waals surface area contributed by atoms with Gasteiger partial charge in [0, 0.05) is 20.1 Å². The summed E-state index contributed by atoms with van der Waals surface area (Å²) in [6, 6.07) is 10.4. The van der Waals surface area contributed by atoms with Crippen molar-refractivity contribution in [3.8, 4) is 0 Å². The van der Waals surface area contributed by atoms with Gasteiger partial charge in [-0.15, -0.1) is 24.0 Å². The van der Waals surface area contributed by atoms with E-state index in [-0.39, 0.29) is 42.5 Å². The highest BCUT2D eigenvalue weighted by Crippen LogP contribution is 2.34. The van der Waals surface area contributed by atoms with Gasteiger partial charge < -0.3 is 20.3 Å². The maximum atomic E-state index is 12.5. The van der Waals surface area contributed by atoms with Gasteiger partial charge in [-0.25, -0.2) is 0 Å². The molecular weight excluding hydrogens is 443 g/mol. The van der Waals surface area contributed by atoms with Crippen LogP contribution in [0, 0.1) is 0 Å². The topological polar surface area (TPSA) is 66.0 Å². The van der Waals surface area contributed by atoms with Crippen molar-refractivity contribution in [1.29, 1.82) is 0 Å². The molecule has 1 aromatic carbocycles. The van der Waals surface area contributed by atoms with Gasteiger partial charge in [-0.1, -0.05) is 30.3 Å². The summed E-state index contributed by atoms with van der Waals surface area (Å²) in [6.45, 7) is 3.55. The Morgan fingerprint density at radius 1 is 1.31 bits per heavy atom. The van der Waals surface area contributed by atoms with Crippen molar-refractivity contribution in [1.82, 2.24) is 15.5 Å². The average molecular weight is 472 g/mol. The Kier molecular flexibility index (Phi) is 8.15. The number of likely N-dealkylation sites (N-methyl/N-ethyl adjacent to an activating group) is 1. The molecule has 2 aliphatic heterocycles. The number of guanidine groups is 1. The van der Waals surface area contributed by atoms with Crippen molar-refractivity contribution in [2.45, 2.75) is 51.0 Å². The fourth-order valence-electron chi connectivity index (χ4n) is 3.61. The number of rotatable bonds is 6. The van der Waals surface area contributed by atoms with Crippen LogP contribution < -0.4 is 10.6 Å². The predicted octanol–water partition coefficient (Wildman–Crippen LogP) is 2.14. The van der Waals surface area contributed by atoms with Crippen LogP contribution in [-0.2, 0) is 16.1 Å². The molecule has 26 heavy (non-hydrogen) atoms. The van der Waals surface area contributed by atoms with Crippen molar-refractivity contribution in [2.75, 3.05) is 20.1 Å². The minimum atomic E-state index is 0. The van der Waals surface area contributed by atoms with Crippen LogP contribution in [0.4, 0.5) is 0 Å². The molecule has 0 radical (unpaired) electrons. The molecule has 3 atom stereocenters. The second-order valence-corrected chi connectivity index (χ2v) is 6.68. The minimum absolute atomic E-state index is 0. The third-order valence-electron chi connectivity index (χ3n) is 5.01. The zero-order valence-corrected chi connectivity index (χ0v) is 17.8. The van der Waals surface area contributed by atoms with Gasteiger partial charge in [-0.2, -0.15) is 0 Å². The quantitative estimate of drug-likeness (QED) is 0.379. The molecule has 7 heteroatoms. The number of nitrogens with one attached hydrogen (secondary N) is 2. The fraction of sp³-hybridized carbons (Fsp3) is 0.579. The summed E-state index contributed by atoms with van der Waals surface area (Å²) in [4.78, 5) is 18.6. The standard InChI is InChI=1S/C19H28N4O2.HI/c1-3-23(13-14-7-5-4-6-8-14)18(24)12-21-19(20-2)22-16-11-15-9-10-17(16)25-15;/h4-8,15-17H,3,9-13H2,1-2H3,(H2,20,21,22);1H. The van der Waals surface area contributed by atoms with Crippen LogP contribution in [0.1, 0.15) is 31.7 Å². The number of benzene rings is 1. The van der Waals surface area contributed by atoms with Crippen LogP contribution in [0.5, 0.6) is 0 Å². The first kappa shape index (κ1) is 21.0. The molecule has 144 valence electrons. The molecular formula is C19H29IN4O2. The lowest BCUT2D eigenvalue weighted by atomic mass is 9.96. The maximum Gasteiger partial charge on any atom is 0.242 e. The van der Waals surface area contributed by atoms with Crippen molar-refractivity contribution >= 4 is 35.8 Å². The van der Waals surface area contributed by atoms with Gasteiger partial charge in [-0.05, 0) is 31.7 Å². The molecule has 1 amide bonds. The number of hydrogen-bond donors (Lipinski definition) is 2. The molecule has 3 rings (SSSR count). The van der Waals surface area contributed by atoms with Crippen molar-refractivity contribution < 1.29 is 9.53 Å². The van der Waals surface area contributed by atoms with E-state index >= 15 is 0 Å². The Labute approximate surface area is 172 Å². The predicted molar refractivity (Wildman–Crippen MR) is 114 cm³/mol. The monoisotopic (exact) mass is 472 g/mol. The number of amides is 1. The first-order valence-corrected chi connectivity index (χ1v) is 9.14. The van der Waals surface area contributed by atoms with Crippen LogP contribution in [-0.4, -0.2) is 55.2 Å². The van der Waals surface area contributed by atoms with E-state index in [9.17, 15) is 4.79 Å². The van der Waals surface area contributed by atoms with Gasteiger partial charge in [0.25, 0.3) is 0 Å². The molecule has 2 aliphatic rings. The lowest BCUT2D eigenvalue weighted by Gasteiger charge is -2.24. The Morgan fingerprint density at radius 2 is 2.08 bits per heavy atom. The third-order valence-corrected chi connectivity index (χ3v) is 5.01. The van der Waals surface area contributed by atoms with E-state index in [0.29, 0.717) is 31.2 Å². The highest BCUT2D eigenvalue weighted by atomic mass is 127. The van der Waals surface area contributed by atoms with E-state index in [1.165, 1.54) is 0 Å². The lowest BCUT2D eigenvalue weighted by Crippen LogP contribution is -2.50. The van der Waals surface area contributed by atoms with Crippen LogP contribution in [0.25, 0.3) is 0 Å². The first-order chi connectivity index (χ1) is 12.2. The number of carbonyl (C=O) groups excluding carboxylic acids is 1. The van der Waals surface area contributed by atoms with Crippen molar-refractivity contribution in [2.24, 2.45) is 4.99 Å². The van der Waals surface area contributed by atoms with Gasteiger partial charge >= 0.3 is 0 Å². The van der Waals surface area contributed by atoms with Crippen LogP contribution in [0.2, 0.25) is 0 Å². The number of nitrogens with zero attached hydrogens (tertiary/aromatic N) is 2. The molecule has 2 fully saturated rings. The number of carbonyl (C=O) groups is 1.